The fourth-order valence-electron chi connectivity index (χ4n) is 4.23. The lowest BCUT2D eigenvalue weighted by Crippen LogP contribution is -2.43. The summed E-state index contributed by atoms with van der Waals surface area (Å²) in [6, 6.07) is 9.33. The van der Waals surface area contributed by atoms with E-state index in [2.05, 4.69) is 48.9 Å². The molecule has 1 aromatic rings. The van der Waals surface area contributed by atoms with Gasteiger partial charge in [-0.2, -0.15) is 5.26 Å². The van der Waals surface area contributed by atoms with Gasteiger partial charge in [0, 0.05) is 25.6 Å². The Morgan fingerprint density at radius 2 is 1.81 bits per heavy atom. The Labute approximate surface area is 186 Å². The molecule has 0 heterocycles. The highest BCUT2D eigenvalue weighted by atomic mass is 16.2. The second-order valence-corrected chi connectivity index (χ2v) is 9.21. The van der Waals surface area contributed by atoms with Crippen molar-refractivity contribution in [2.24, 2.45) is 23.7 Å². The summed E-state index contributed by atoms with van der Waals surface area (Å²) in [6.45, 7) is 11.5. The quantitative estimate of drug-likeness (QED) is 0.548. The summed E-state index contributed by atoms with van der Waals surface area (Å²) in [6.07, 6.45) is 3.67. The molecule has 0 bridgehead atoms. The third-order valence-electron chi connectivity index (χ3n) is 6.01. The molecule has 1 aromatic carbocycles. The number of urea groups is 1. The number of amides is 3. The highest BCUT2D eigenvalue weighted by Gasteiger charge is 2.32. The lowest BCUT2D eigenvalue weighted by Gasteiger charge is -2.37. The number of allylic oxidation sites excluding steroid dienone is 1. The smallest absolute Gasteiger partial charge is 0.315 e. The van der Waals surface area contributed by atoms with Crippen LogP contribution in [0.4, 0.5) is 4.79 Å². The predicted molar refractivity (Wildman–Crippen MR) is 123 cm³/mol. The van der Waals surface area contributed by atoms with Gasteiger partial charge in [-0.25, -0.2) is 4.79 Å². The molecule has 0 spiro atoms. The van der Waals surface area contributed by atoms with Gasteiger partial charge in [-0.05, 0) is 68.6 Å². The Morgan fingerprint density at radius 1 is 1.13 bits per heavy atom. The van der Waals surface area contributed by atoms with E-state index < -0.39 is 0 Å². The Kier molecular flexibility index (Phi) is 9.11. The molecular weight excluding hydrogens is 388 g/mol. The maximum atomic E-state index is 12.6. The first kappa shape index (κ1) is 24.5. The predicted octanol–water partition coefficient (Wildman–Crippen LogP) is 4.13. The zero-order valence-corrected chi connectivity index (χ0v) is 19.4. The van der Waals surface area contributed by atoms with Gasteiger partial charge in [0.1, 0.15) is 0 Å². The van der Waals surface area contributed by atoms with E-state index in [9.17, 15) is 9.59 Å². The average molecular weight is 425 g/mol. The van der Waals surface area contributed by atoms with Gasteiger partial charge in [0.25, 0.3) is 0 Å². The topological polar surface area (TPSA) is 94.0 Å². The summed E-state index contributed by atoms with van der Waals surface area (Å²) in [7, 11) is 0. The molecule has 0 radical (unpaired) electrons. The number of benzene rings is 1. The molecule has 6 nitrogen and oxygen atoms in total. The van der Waals surface area contributed by atoms with Crippen LogP contribution in [0.5, 0.6) is 0 Å². The van der Waals surface area contributed by atoms with Gasteiger partial charge in [0.15, 0.2) is 0 Å². The summed E-state index contributed by atoms with van der Waals surface area (Å²) in [5.74, 6) is 1.41. The Bertz CT molecular complexity index is 821. The molecule has 1 aliphatic rings. The van der Waals surface area contributed by atoms with Crippen molar-refractivity contribution in [3.05, 3.63) is 47.0 Å². The number of hydrogen-bond donors (Lipinski definition) is 3. The van der Waals surface area contributed by atoms with Crippen molar-refractivity contribution < 1.29 is 9.59 Å². The van der Waals surface area contributed by atoms with Crippen LogP contribution in [0.25, 0.3) is 0 Å². The number of nitriles is 1. The molecule has 31 heavy (non-hydrogen) atoms. The molecule has 1 aliphatic carbocycles. The maximum Gasteiger partial charge on any atom is 0.315 e. The van der Waals surface area contributed by atoms with Crippen LogP contribution in [0.2, 0.25) is 0 Å². The first-order chi connectivity index (χ1) is 14.7. The number of nitrogens with one attached hydrogen (secondary N) is 3. The van der Waals surface area contributed by atoms with E-state index in [0.29, 0.717) is 36.9 Å². The van der Waals surface area contributed by atoms with Gasteiger partial charge in [-0.1, -0.05) is 37.6 Å². The molecule has 3 amide bonds. The summed E-state index contributed by atoms with van der Waals surface area (Å²) < 4.78 is 0. The van der Waals surface area contributed by atoms with Gasteiger partial charge in [-0.15, -0.1) is 0 Å². The van der Waals surface area contributed by atoms with Crippen molar-refractivity contribution in [3.63, 3.8) is 0 Å². The first-order valence-electron chi connectivity index (χ1n) is 11.2. The minimum absolute atomic E-state index is 0.0394. The molecule has 0 aliphatic heterocycles. The number of hydrogen-bond acceptors (Lipinski definition) is 3. The van der Waals surface area contributed by atoms with Crippen LogP contribution < -0.4 is 16.0 Å². The second-order valence-electron chi connectivity index (χ2n) is 9.21. The molecule has 2 rings (SSSR count). The summed E-state index contributed by atoms with van der Waals surface area (Å²) in [5, 5.41) is 17.7. The van der Waals surface area contributed by atoms with E-state index in [0.717, 1.165) is 12.0 Å². The van der Waals surface area contributed by atoms with Gasteiger partial charge < -0.3 is 16.0 Å². The van der Waals surface area contributed by atoms with E-state index in [-0.39, 0.29) is 29.8 Å². The van der Waals surface area contributed by atoms with Crippen LogP contribution >= 0.6 is 0 Å². The van der Waals surface area contributed by atoms with E-state index in [1.807, 2.05) is 26.0 Å². The van der Waals surface area contributed by atoms with Crippen LogP contribution in [-0.2, 0) is 11.3 Å². The number of carbonyl (C=O) groups is 2. The maximum absolute atomic E-state index is 12.6. The molecule has 6 heteroatoms. The summed E-state index contributed by atoms with van der Waals surface area (Å²) >= 11 is 0. The normalized spacial score (nSPS) is 20.7. The summed E-state index contributed by atoms with van der Waals surface area (Å²) in [5.41, 5.74) is 2.82. The van der Waals surface area contributed by atoms with Crippen molar-refractivity contribution in [2.45, 2.75) is 60.0 Å². The van der Waals surface area contributed by atoms with Crippen LogP contribution in [0.15, 0.2) is 35.9 Å². The lowest BCUT2D eigenvalue weighted by atomic mass is 9.70. The molecule has 3 unspecified atom stereocenters. The minimum atomic E-state index is -0.132. The highest BCUT2D eigenvalue weighted by molar-refractivity contribution is 5.76. The Morgan fingerprint density at radius 3 is 2.39 bits per heavy atom. The minimum Gasteiger partial charge on any atom is -0.352 e. The monoisotopic (exact) mass is 424 g/mol. The van der Waals surface area contributed by atoms with Crippen molar-refractivity contribution in [1.29, 1.82) is 5.26 Å². The van der Waals surface area contributed by atoms with Crippen molar-refractivity contribution in [3.8, 4) is 6.07 Å². The van der Waals surface area contributed by atoms with Gasteiger partial charge >= 0.3 is 6.03 Å². The zero-order chi connectivity index (χ0) is 23.0. The molecule has 3 N–H and O–H groups in total. The lowest BCUT2D eigenvalue weighted by molar-refractivity contribution is -0.122. The van der Waals surface area contributed by atoms with Gasteiger partial charge in [0.05, 0.1) is 11.6 Å². The van der Waals surface area contributed by atoms with Crippen molar-refractivity contribution in [1.82, 2.24) is 16.0 Å². The van der Waals surface area contributed by atoms with E-state index >= 15 is 0 Å². The zero-order valence-electron chi connectivity index (χ0n) is 19.4. The largest absolute Gasteiger partial charge is 0.352 e. The van der Waals surface area contributed by atoms with Gasteiger partial charge in [0.2, 0.25) is 5.91 Å². The fraction of sp³-hybridized carbons (Fsp3) is 0.560. The first-order valence-corrected chi connectivity index (χ1v) is 11.2. The molecule has 168 valence electrons. The highest BCUT2D eigenvalue weighted by Crippen LogP contribution is 2.38. The van der Waals surface area contributed by atoms with Crippen molar-refractivity contribution in [2.75, 3.05) is 6.54 Å². The van der Waals surface area contributed by atoms with Crippen LogP contribution in [-0.4, -0.2) is 24.5 Å². The third kappa shape index (κ3) is 7.75. The van der Waals surface area contributed by atoms with E-state index in [4.69, 9.17) is 5.26 Å². The molecule has 0 aromatic heterocycles. The van der Waals surface area contributed by atoms with E-state index in [1.54, 1.807) is 12.1 Å². The van der Waals surface area contributed by atoms with Crippen LogP contribution in [0.3, 0.4) is 0 Å². The molecule has 0 fully saturated rings. The molecule has 0 saturated carbocycles. The Hall–Kier alpha value is -2.81. The second kappa shape index (κ2) is 11.5. The number of carbonyl (C=O) groups excluding carboxylic acids is 2. The number of nitrogens with zero attached hydrogens (tertiary/aromatic N) is 1. The van der Waals surface area contributed by atoms with Gasteiger partial charge in [-0.3, -0.25) is 4.79 Å². The number of rotatable bonds is 8. The van der Waals surface area contributed by atoms with Crippen molar-refractivity contribution >= 4 is 11.9 Å². The van der Waals surface area contributed by atoms with Crippen LogP contribution in [0, 0.1) is 35.0 Å². The standard InChI is InChI=1S/C25H36N4O2/c1-16(2)23-11-21(18(5)10-22(23)15-28-25(31)29-17(3)4)12-24(30)27-14-20-8-6-19(13-26)7-9-20/h6-10,16-17,21-23H,11-12,14-15H2,1-5H3,(H,27,30)(H2,28,29,31). The molecular formula is C25H36N4O2. The summed E-state index contributed by atoms with van der Waals surface area (Å²) in [4.78, 5) is 24.6. The van der Waals surface area contributed by atoms with E-state index in [1.165, 1.54) is 5.57 Å². The van der Waals surface area contributed by atoms with Crippen LogP contribution in [0.1, 0.15) is 58.6 Å². The molecule has 0 saturated heterocycles. The Balaban J connectivity index is 1.93. The third-order valence-corrected chi connectivity index (χ3v) is 6.01. The average Bonchev–Trinajstić information content (AvgIpc) is 2.72. The fourth-order valence-corrected chi connectivity index (χ4v) is 4.23. The molecule has 3 atom stereocenters. The SMILES string of the molecule is CC1=CC(CNC(=O)NC(C)C)C(C(C)C)CC1CC(=O)NCc1ccc(C#N)cc1.